The molecule has 2 heterocycles. The van der Waals surface area contributed by atoms with E-state index < -0.39 is 112 Å². The van der Waals surface area contributed by atoms with Crippen LogP contribution in [-0.2, 0) is 30.2 Å². The maximum atomic E-state index is 14.4. The average molecular weight is 769 g/mol. The highest BCUT2D eigenvalue weighted by Crippen LogP contribution is 2.29. The number of hydrogen-bond donors (Lipinski definition) is 2. The van der Waals surface area contributed by atoms with Crippen molar-refractivity contribution < 1.29 is 57.9 Å². The van der Waals surface area contributed by atoms with E-state index in [4.69, 9.17) is 23.7 Å². The number of aliphatic hydroxyl groups is 2. The lowest BCUT2D eigenvalue weighted by molar-refractivity contribution is 0.0411. The molecule has 302 valence electrons. The zero-order valence-electron chi connectivity index (χ0n) is 33.5. The first-order chi connectivity index (χ1) is 24.2. The summed E-state index contributed by atoms with van der Waals surface area (Å²) < 4.78 is 27.6. The van der Waals surface area contributed by atoms with Crippen molar-refractivity contribution in [2.75, 3.05) is 16.4 Å². The van der Waals surface area contributed by atoms with Gasteiger partial charge in [-0.2, -0.15) is 19.4 Å². The Morgan fingerprint density at radius 2 is 1.00 bits per heavy atom. The van der Waals surface area contributed by atoms with E-state index in [1.54, 1.807) is 0 Å². The van der Waals surface area contributed by atoms with Gasteiger partial charge in [0, 0.05) is 0 Å². The van der Waals surface area contributed by atoms with E-state index in [-0.39, 0.29) is 14.4 Å². The lowest BCUT2D eigenvalue weighted by Crippen LogP contribution is -2.49. The van der Waals surface area contributed by atoms with Crippen molar-refractivity contribution in [1.82, 2.24) is 19.1 Å². The molecule has 4 amide bonds. The minimum absolute atomic E-state index is 0.00786. The van der Waals surface area contributed by atoms with Crippen LogP contribution in [0.1, 0.15) is 104 Å². The summed E-state index contributed by atoms with van der Waals surface area (Å²) >= 11 is 0. The summed E-state index contributed by atoms with van der Waals surface area (Å²) in [4.78, 5) is 106. The fraction of sp³-hybridized carbons (Fsp3) is 0.676. The summed E-state index contributed by atoms with van der Waals surface area (Å²) in [5.74, 6) is -2.07. The summed E-state index contributed by atoms with van der Waals surface area (Å²) in [6.45, 7) is 20.1. The fourth-order valence-electron chi connectivity index (χ4n) is 4.10. The van der Waals surface area contributed by atoms with Crippen molar-refractivity contribution in [1.29, 1.82) is 0 Å². The molecule has 0 radical (unpaired) electrons. The molecule has 0 saturated heterocycles. The third-order valence-electron chi connectivity index (χ3n) is 5.85. The molecular weight excluding hydrogens is 716 g/mol. The van der Waals surface area contributed by atoms with Crippen LogP contribution in [-0.4, -0.2) is 100 Å². The van der Waals surface area contributed by atoms with Crippen molar-refractivity contribution in [3.8, 4) is 0 Å². The van der Waals surface area contributed by atoms with Gasteiger partial charge in [-0.15, -0.1) is 4.90 Å². The molecule has 20 heteroatoms. The van der Waals surface area contributed by atoms with E-state index in [1.165, 1.54) is 104 Å². The monoisotopic (exact) mass is 768 g/mol. The summed E-state index contributed by atoms with van der Waals surface area (Å²) in [6, 6.07) is 0. The molecule has 2 aromatic rings. The van der Waals surface area contributed by atoms with Gasteiger partial charge in [0.05, 0.1) is 19.3 Å². The van der Waals surface area contributed by atoms with Gasteiger partial charge in [-0.1, -0.05) is 0 Å². The molecule has 0 aromatic carbocycles. The molecule has 2 aromatic heterocycles. The van der Waals surface area contributed by atoms with Gasteiger partial charge in [0.2, 0.25) is 5.95 Å². The molecule has 0 aliphatic heterocycles. The minimum atomic E-state index is -1.75. The molecule has 0 bridgehead atoms. The fourth-order valence-corrected chi connectivity index (χ4v) is 4.10. The Kier molecular flexibility index (Phi) is 13.1. The number of carbonyl (C=O) groups excluding carboxylic acids is 5. The van der Waals surface area contributed by atoms with Crippen molar-refractivity contribution >= 4 is 53.3 Å². The van der Waals surface area contributed by atoms with Gasteiger partial charge >= 0.3 is 36.2 Å². The molecule has 2 rings (SSSR count). The van der Waals surface area contributed by atoms with E-state index in [0.29, 0.717) is 4.57 Å². The van der Waals surface area contributed by atoms with Gasteiger partial charge in [0.25, 0.3) is 5.56 Å². The molecule has 2 N–H and O–H groups in total. The molecule has 0 spiro atoms. The molecule has 20 nitrogen and oxygen atoms in total. The van der Waals surface area contributed by atoms with Crippen molar-refractivity contribution in [2.45, 2.75) is 145 Å². The molecule has 54 heavy (non-hydrogen) atoms. The number of aromatic nitrogens is 4. The van der Waals surface area contributed by atoms with Crippen molar-refractivity contribution in [3.05, 3.63) is 20.8 Å². The van der Waals surface area contributed by atoms with Gasteiger partial charge in [-0.25, -0.2) is 28.8 Å². The van der Waals surface area contributed by atoms with Crippen LogP contribution in [0.5, 0.6) is 0 Å². The van der Waals surface area contributed by atoms with Gasteiger partial charge in [0.15, 0.2) is 11.5 Å². The smallest absolute Gasteiger partial charge is 0.427 e. The highest BCUT2D eigenvalue weighted by atomic mass is 16.6. The van der Waals surface area contributed by atoms with E-state index in [0.717, 1.165) is 0 Å². The van der Waals surface area contributed by atoms with E-state index in [2.05, 4.69) is 9.97 Å². The zero-order chi connectivity index (χ0) is 42.1. The quantitative estimate of drug-likeness (QED) is 0.399. The summed E-state index contributed by atoms with van der Waals surface area (Å²) in [7, 11) is 0. The number of ether oxygens (including phenoxy) is 5. The Bertz CT molecular complexity index is 1840. The molecule has 0 aliphatic carbocycles. The number of imide groups is 2. The van der Waals surface area contributed by atoms with E-state index in [1.807, 2.05) is 0 Å². The first-order valence-electron chi connectivity index (χ1n) is 16.8. The van der Waals surface area contributed by atoms with Crippen LogP contribution in [0, 0.1) is 0 Å². The lowest BCUT2D eigenvalue weighted by atomic mass is 10.2. The molecule has 0 fully saturated rings. The number of carbonyl (C=O) groups is 5. The number of amides is 4. The highest BCUT2D eigenvalue weighted by Gasteiger charge is 2.41. The van der Waals surface area contributed by atoms with Crippen LogP contribution < -0.4 is 21.0 Å². The number of anilines is 2. The maximum Gasteiger partial charge on any atom is 0.427 e. The van der Waals surface area contributed by atoms with Crippen LogP contribution in [0.15, 0.2) is 9.59 Å². The highest BCUT2D eigenvalue weighted by molar-refractivity contribution is 6.14. The second kappa shape index (κ2) is 15.7. The SMILES string of the molecule is CC(C)(C)OC(=O)N(C(=O)OC(C)(C)C)c1nc(N(C(=O)OC(C)(C)C)C(=O)OC(C)(C)C)c2c(=O)n(C(=O)OC(C)(C)C)c(=O)n(CC(O)CO)c2n1. The van der Waals surface area contributed by atoms with Crippen molar-refractivity contribution in [2.24, 2.45) is 0 Å². The summed E-state index contributed by atoms with van der Waals surface area (Å²) in [6.07, 6.45) is -9.14. The number of aliphatic hydroxyl groups excluding tert-OH is 2. The zero-order valence-corrected chi connectivity index (χ0v) is 33.5. The van der Waals surface area contributed by atoms with Gasteiger partial charge < -0.3 is 33.9 Å². The number of rotatable bonds is 5. The largest absolute Gasteiger partial charge is 0.443 e. The molecule has 1 unspecified atom stereocenters. The first-order valence-corrected chi connectivity index (χ1v) is 16.8. The Hall–Kier alpha value is -5.11. The Balaban J connectivity index is 3.46. The predicted octanol–water partition coefficient (Wildman–Crippen LogP) is 4.44. The third kappa shape index (κ3) is 12.2. The van der Waals surface area contributed by atoms with Crippen LogP contribution in [0.25, 0.3) is 11.0 Å². The normalized spacial score (nSPS) is 13.1. The minimum Gasteiger partial charge on any atom is -0.443 e. The van der Waals surface area contributed by atoms with E-state index >= 15 is 0 Å². The molecule has 0 saturated carbocycles. The van der Waals surface area contributed by atoms with Crippen LogP contribution >= 0.6 is 0 Å². The summed E-state index contributed by atoms with van der Waals surface area (Å²) in [5.41, 5.74) is -10.2. The summed E-state index contributed by atoms with van der Waals surface area (Å²) in [5, 5.41) is 19.3. The molecular formula is C34H52N6O14. The van der Waals surface area contributed by atoms with Crippen LogP contribution in [0.4, 0.5) is 35.7 Å². The van der Waals surface area contributed by atoms with Crippen LogP contribution in [0.3, 0.4) is 0 Å². The second-order valence-corrected chi connectivity index (χ2v) is 17.0. The Morgan fingerprint density at radius 1 is 0.630 bits per heavy atom. The van der Waals surface area contributed by atoms with Crippen molar-refractivity contribution in [3.63, 3.8) is 0 Å². The standard InChI is InChI=1S/C34H52N6O14/c1-30(2,3)50-25(45)38(26(46)51-31(4,5)6)21-19-20(35-23(36-21)40(28(48)53-33(10,11)12)29(49)54-34(13,14)15)37(16-18(42)17-41)24(44)39(22(19)43)27(47)52-32(7,8)9/h18,41-42H,16-17H2,1-15H3. The molecule has 0 aliphatic rings. The Morgan fingerprint density at radius 3 is 1.35 bits per heavy atom. The predicted molar refractivity (Wildman–Crippen MR) is 193 cm³/mol. The first kappa shape index (κ1) is 45.0. The topological polar surface area (TPSA) is 248 Å². The lowest BCUT2D eigenvalue weighted by Gasteiger charge is -2.30. The van der Waals surface area contributed by atoms with Gasteiger partial charge in [-0.3, -0.25) is 9.36 Å². The maximum absolute atomic E-state index is 14.4. The number of hydrogen-bond acceptors (Lipinski definition) is 16. The second-order valence-electron chi connectivity index (χ2n) is 17.0. The van der Waals surface area contributed by atoms with Crippen LogP contribution in [0.2, 0.25) is 0 Å². The van der Waals surface area contributed by atoms with E-state index in [9.17, 15) is 43.8 Å². The number of nitrogens with zero attached hydrogens (tertiary/aromatic N) is 6. The molecule has 1 atom stereocenters. The third-order valence-corrected chi connectivity index (χ3v) is 5.85. The number of fused-ring (bicyclic) bond motifs is 1. The average Bonchev–Trinajstić information content (AvgIpc) is 2.90. The Labute approximate surface area is 311 Å². The van der Waals surface area contributed by atoms with Gasteiger partial charge in [-0.05, 0) is 104 Å². The van der Waals surface area contributed by atoms with Gasteiger partial charge in [0.1, 0.15) is 33.4 Å².